The molecule has 1 aliphatic rings. The van der Waals surface area contributed by atoms with Crippen molar-refractivity contribution in [2.24, 2.45) is 5.92 Å². The van der Waals surface area contributed by atoms with E-state index in [1.54, 1.807) is 7.11 Å². The molecule has 0 saturated heterocycles. The Bertz CT molecular complexity index is 914. The zero-order valence-corrected chi connectivity index (χ0v) is 14.4. The molecule has 3 aromatic rings. The second-order valence-electron chi connectivity index (χ2n) is 6.64. The van der Waals surface area contributed by atoms with E-state index in [9.17, 15) is 4.79 Å². The van der Waals surface area contributed by atoms with Crippen LogP contribution in [0.15, 0.2) is 48.8 Å². The van der Waals surface area contributed by atoms with Gasteiger partial charge < -0.3 is 14.5 Å². The number of benzene rings is 1. The van der Waals surface area contributed by atoms with Gasteiger partial charge in [0, 0.05) is 18.3 Å². The average Bonchev–Trinajstić information content (AvgIpc) is 3.33. The van der Waals surface area contributed by atoms with Crippen LogP contribution in [0, 0.1) is 12.8 Å². The fourth-order valence-electron chi connectivity index (χ4n) is 3.23. The summed E-state index contributed by atoms with van der Waals surface area (Å²) in [6.45, 7) is 2.51. The largest absolute Gasteiger partial charge is 0.497 e. The van der Waals surface area contributed by atoms with Gasteiger partial charge in [0.25, 0.3) is 0 Å². The Labute approximate surface area is 146 Å². The molecule has 1 fully saturated rings. The van der Waals surface area contributed by atoms with E-state index in [2.05, 4.69) is 10.3 Å². The first-order valence-corrected chi connectivity index (χ1v) is 8.50. The monoisotopic (exact) mass is 335 g/mol. The maximum Gasteiger partial charge on any atom is 0.224 e. The lowest BCUT2D eigenvalue weighted by molar-refractivity contribution is -0.122. The highest BCUT2D eigenvalue weighted by molar-refractivity contribution is 5.82. The third-order valence-corrected chi connectivity index (χ3v) is 4.78. The summed E-state index contributed by atoms with van der Waals surface area (Å²) in [6.07, 6.45) is 4.86. The van der Waals surface area contributed by atoms with Gasteiger partial charge in [0.2, 0.25) is 5.91 Å². The first kappa shape index (κ1) is 15.7. The number of nitrogens with zero attached hydrogens (tertiary/aromatic N) is 2. The summed E-state index contributed by atoms with van der Waals surface area (Å²) >= 11 is 0. The van der Waals surface area contributed by atoms with Crippen molar-refractivity contribution in [2.45, 2.75) is 25.8 Å². The summed E-state index contributed by atoms with van der Waals surface area (Å²) in [5.41, 5.74) is 4.16. The minimum atomic E-state index is 0.0627. The Morgan fingerprint density at radius 3 is 2.88 bits per heavy atom. The second-order valence-corrected chi connectivity index (χ2v) is 6.64. The van der Waals surface area contributed by atoms with E-state index < -0.39 is 0 Å². The molecule has 1 N–H and O–H groups in total. The van der Waals surface area contributed by atoms with Crippen LogP contribution in [0.4, 0.5) is 0 Å². The van der Waals surface area contributed by atoms with Crippen LogP contribution in [-0.4, -0.2) is 22.4 Å². The van der Waals surface area contributed by atoms with Crippen molar-refractivity contribution in [3.05, 3.63) is 65.6 Å². The molecule has 0 spiro atoms. The zero-order valence-electron chi connectivity index (χ0n) is 14.4. The van der Waals surface area contributed by atoms with Gasteiger partial charge in [-0.25, -0.2) is 4.98 Å². The molecule has 0 aliphatic heterocycles. The van der Waals surface area contributed by atoms with E-state index in [1.165, 1.54) is 11.1 Å². The number of amides is 1. The van der Waals surface area contributed by atoms with E-state index in [-0.39, 0.29) is 11.8 Å². The molecule has 0 radical (unpaired) electrons. The molecule has 2 atom stereocenters. The lowest BCUT2D eigenvalue weighted by Gasteiger charge is -2.04. The Kier molecular flexibility index (Phi) is 3.92. The van der Waals surface area contributed by atoms with Crippen molar-refractivity contribution in [2.75, 3.05) is 7.11 Å². The third kappa shape index (κ3) is 3.22. The molecule has 0 bridgehead atoms. The maximum absolute atomic E-state index is 12.4. The predicted octanol–water partition coefficient (Wildman–Crippen LogP) is 3.07. The number of fused-ring (bicyclic) bond motifs is 1. The fraction of sp³-hybridized carbons (Fsp3) is 0.300. The van der Waals surface area contributed by atoms with Crippen LogP contribution in [0.5, 0.6) is 5.75 Å². The SMILES string of the molecule is COc1ccc([C@@H]2C[C@@H]2C(=O)NCc2cn3ccc(C)cc3n2)cc1. The summed E-state index contributed by atoms with van der Waals surface area (Å²) in [4.78, 5) is 16.9. The number of ether oxygens (including phenoxy) is 1. The molecular weight excluding hydrogens is 314 g/mol. The Morgan fingerprint density at radius 2 is 2.12 bits per heavy atom. The molecule has 1 aliphatic carbocycles. The molecule has 2 aromatic heterocycles. The number of nitrogens with one attached hydrogen (secondary N) is 1. The van der Waals surface area contributed by atoms with Crippen molar-refractivity contribution >= 4 is 11.6 Å². The van der Waals surface area contributed by atoms with Gasteiger partial charge in [0.05, 0.1) is 19.3 Å². The highest BCUT2D eigenvalue weighted by Crippen LogP contribution is 2.47. The Morgan fingerprint density at radius 1 is 1.32 bits per heavy atom. The molecule has 1 amide bonds. The molecule has 1 aromatic carbocycles. The average molecular weight is 335 g/mol. The van der Waals surface area contributed by atoms with Crippen molar-refractivity contribution in [3.8, 4) is 5.75 Å². The summed E-state index contributed by atoms with van der Waals surface area (Å²) in [5, 5.41) is 3.02. The van der Waals surface area contributed by atoms with Crippen LogP contribution in [0.25, 0.3) is 5.65 Å². The summed E-state index contributed by atoms with van der Waals surface area (Å²) < 4.78 is 7.15. The number of aryl methyl sites for hydroxylation is 1. The zero-order chi connectivity index (χ0) is 17.4. The summed E-state index contributed by atoms with van der Waals surface area (Å²) in [5.74, 6) is 1.32. The number of hydrogen-bond donors (Lipinski definition) is 1. The maximum atomic E-state index is 12.4. The van der Waals surface area contributed by atoms with Gasteiger partial charge in [-0.3, -0.25) is 4.79 Å². The van der Waals surface area contributed by atoms with E-state index in [1.807, 2.05) is 60.1 Å². The van der Waals surface area contributed by atoms with Gasteiger partial charge in [-0.1, -0.05) is 12.1 Å². The van der Waals surface area contributed by atoms with Crippen LogP contribution in [-0.2, 0) is 11.3 Å². The van der Waals surface area contributed by atoms with Crippen molar-refractivity contribution < 1.29 is 9.53 Å². The summed E-state index contributed by atoms with van der Waals surface area (Å²) in [7, 11) is 1.66. The van der Waals surface area contributed by atoms with Gasteiger partial charge in [0.15, 0.2) is 0 Å². The number of imidazole rings is 1. The first-order valence-electron chi connectivity index (χ1n) is 8.50. The molecule has 5 nitrogen and oxygen atoms in total. The van der Waals surface area contributed by atoms with E-state index in [0.717, 1.165) is 23.5 Å². The molecule has 1 saturated carbocycles. The molecular formula is C20H21N3O2. The van der Waals surface area contributed by atoms with Gasteiger partial charge in [-0.05, 0) is 54.7 Å². The van der Waals surface area contributed by atoms with Crippen molar-refractivity contribution in [1.29, 1.82) is 0 Å². The molecule has 0 unspecified atom stereocenters. The number of hydrogen-bond acceptors (Lipinski definition) is 3. The molecule has 4 rings (SSSR count). The van der Waals surface area contributed by atoms with Gasteiger partial charge in [-0.15, -0.1) is 0 Å². The van der Waals surface area contributed by atoms with Crippen LogP contribution >= 0.6 is 0 Å². The van der Waals surface area contributed by atoms with Crippen LogP contribution in [0.1, 0.15) is 29.2 Å². The highest BCUT2D eigenvalue weighted by atomic mass is 16.5. The lowest BCUT2D eigenvalue weighted by Crippen LogP contribution is -2.25. The molecule has 128 valence electrons. The van der Waals surface area contributed by atoms with Crippen LogP contribution in [0.2, 0.25) is 0 Å². The fourth-order valence-corrected chi connectivity index (χ4v) is 3.23. The van der Waals surface area contributed by atoms with Gasteiger partial charge in [0.1, 0.15) is 11.4 Å². The minimum absolute atomic E-state index is 0.0627. The summed E-state index contributed by atoms with van der Waals surface area (Å²) in [6, 6.07) is 12.1. The van der Waals surface area contributed by atoms with E-state index in [4.69, 9.17) is 4.74 Å². The van der Waals surface area contributed by atoms with Crippen molar-refractivity contribution in [1.82, 2.24) is 14.7 Å². The van der Waals surface area contributed by atoms with Crippen LogP contribution in [0.3, 0.4) is 0 Å². The first-order chi connectivity index (χ1) is 12.1. The van der Waals surface area contributed by atoms with Gasteiger partial charge in [-0.2, -0.15) is 0 Å². The molecule has 2 heterocycles. The number of pyridine rings is 1. The van der Waals surface area contributed by atoms with Gasteiger partial charge >= 0.3 is 0 Å². The number of rotatable bonds is 5. The predicted molar refractivity (Wildman–Crippen MR) is 95.6 cm³/mol. The molecule has 5 heteroatoms. The topological polar surface area (TPSA) is 55.6 Å². The number of aromatic nitrogens is 2. The van der Waals surface area contributed by atoms with Crippen molar-refractivity contribution in [3.63, 3.8) is 0 Å². The smallest absolute Gasteiger partial charge is 0.224 e. The lowest BCUT2D eigenvalue weighted by atomic mass is 10.1. The Hall–Kier alpha value is -2.82. The number of carbonyl (C=O) groups is 1. The normalized spacial score (nSPS) is 19.0. The number of methoxy groups -OCH3 is 1. The quantitative estimate of drug-likeness (QED) is 0.779. The molecule has 25 heavy (non-hydrogen) atoms. The van der Waals surface area contributed by atoms with E-state index >= 15 is 0 Å². The second kappa shape index (κ2) is 6.24. The highest BCUT2D eigenvalue weighted by Gasteiger charge is 2.43. The third-order valence-electron chi connectivity index (χ3n) is 4.78. The Balaban J connectivity index is 1.36. The number of carbonyl (C=O) groups excluding carboxylic acids is 1. The van der Waals surface area contributed by atoms with Crippen LogP contribution < -0.4 is 10.1 Å². The minimum Gasteiger partial charge on any atom is -0.497 e. The van der Waals surface area contributed by atoms with E-state index in [0.29, 0.717) is 12.5 Å². The standard InChI is InChI=1S/C20H21N3O2/c1-13-7-8-23-12-15(22-19(23)9-13)11-21-20(24)18-10-17(18)14-3-5-16(25-2)6-4-14/h3-9,12,17-18H,10-11H2,1-2H3,(H,21,24)/t17-,18-/m0/s1.